The van der Waals surface area contributed by atoms with Crippen LogP contribution in [-0.2, 0) is 19.2 Å². The molecule has 0 fully saturated rings. The number of hydrogen-bond acceptors (Lipinski definition) is 4. The standard InChI is InChI=1S/C10H12N2O5/c1-6(10(16)17)11-7(13)4-5-12-8(14)2-3-9(12)15/h2-3,6H,4-5H2,1H3,(H,11,13)(H,16,17)/t6-/m0/s1. The number of rotatable bonds is 5. The minimum absolute atomic E-state index is 0.0527. The van der Waals surface area contributed by atoms with Crippen molar-refractivity contribution in [2.45, 2.75) is 19.4 Å². The molecule has 0 spiro atoms. The van der Waals surface area contributed by atoms with Gasteiger partial charge in [-0.05, 0) is 6.92 Å². The summed E-state index contributed by atoms with van der Waals surface area (Å²) in [5.74, 6) is -2.59. The molecule has 3 amide bonds. The molecule has 0 aromatic carbocycles. The monoisotopic (exact) mass is 240 g/mol. The summed E-state index contributed by atoms with van der Waals surface area (Å²) in [7, 11) is 0. The number of carboxylic acids is 1. The lowest BCUT2D eigenvalue weighted by Gasteiger charge is -2.14. The van der Waals surface area contributed by atoms with E-state index in [1.54, 1.807) is 0 Å². The van der Waals surface area contributed by atoms with Gasteiger partial charge in [0.05, 0.1) is 0 Å². The summed E-state index contributed by atoms with van der Waals surface area (Å²) in [5.41, 5.74) is 0. The highest BCUT2D eigenvalue weighted by Crippen LogP contribution is 2.04. The smallest absolute Gasteiger partial charge is 0.325 e. The summed E-state index contributed by atoms with van der Waals surface area (Å²) in [4.78, 5) is 44.9. The molecule has 0 radical (unpaired) electrons. The Morgan fingerprint density at radius 3 is 2.35 bits per heavy atom. The van der Waals surface area contributed by atoms with Crippen molar-refractivity contribution in [1.29, 1.82) is 0 Å². The summed E-state index contributed by atoms with van der Waals surface area (Å²) in [6, 6.07) is -0.995. The predicted molar refractivity (Wildman–Crippen MR) is 55.7 cm³/mol. The second kappa shape index (κ2) is 5.24. The van der Waals surface area contributed by atoms with Crippen molar-refractivity contribution in [3.05, 3.63) is 12.2 Å². The fraction of sp³-hybridized carbons (Fsp3) is 0.400. The van der Waals surface area contributed by atoms with Crippen molar-refractivity contribution in [2.75, 3.05) is 6.54 Å². The second-order valence-corrected chi connectivity index (χ2v) is 3.54. The Kier molecular flexibility index (Phi) is 3.97. The van der Waals surface area contributed by atoms with Gasteiger partial charge in [0.15, 0.2) is 0 Å². The lowest BCUT2D eigenvalue weighted by atomic mass is 10.3. The van der Waals surface area contributed by atoms with Crippen LogP contribution in [0.3, 0.4) is 0 Å². The molecule has 0 saturated heterocycles. The Morgan fingerprint density at radius 1 is 1.35 bits per heavy atom. The predicted octanol–water partition coefficient (Wildman–Crippen LogP) is -1.11. The van der Waals surface area contributed by atoms with Gasteiger partial charge in [0, 0.05) is 25.1 Å². The Labute approximate surface area is 97.1 Å². The first-order valence-electron chi connectivity index (χ1n) is 4.97. The summed E-state index contributed by atoms with van der Waals surface area (Å²) < 4.78 is 0. The highest BCUT2D eigenvalue weighted by Gasteiger charge is 2.24. The molecule has 1 rings (SSSR count). The Bertz CT molecular complexity index is 384. The van der Waals surface area contributed by atoms with Crippen LogP contribution >= 0.6 is 0 Å². The van der Waals surface area contributed by atoms with Gasteiger partial charge >= 0.3 is 5.97 Å². The van der Waals surface area contributed by atoms with Gasteiger partial charge in [0.2, 0.25) is 5.91 Å². The molecular weight excluding hydrogens is 228 g/mol. The molecule has 1 heterocycles. The third-order valence-corrected chi connectivity index (χ3v) is 2.21. The normalized spacial score (nSPS) is 16.2. The number of amides is 3. The van der Waals surface area contributed by atoms with Crippen LogP contribution in [0.25, 0.3) is 0 Å². The summed E-state index contributed by atoms with van der Waals surface area (Å²) in [6.07, 6.45) is 2.14. The SMILES string of the molecule is C[C@H](NC(=O)CCN1C(=O)C=CC1=O)C(=O)O. The van der Waals surface area contributed by atoms with Crippen LogP contribution in [0, 0.1) is 0 Å². The van der Waals surface area contributed by atoms with Crippen LogP contribution < -0.4 is 5.32 Å². The minimum Gasteiger partial charge on any atom is -0.480 e. The molecule has 1 aliphatic rings. The Morgan fingerprint density at radius 2 is 1.88 bits per heavy atom. The summed E-state index contributed by atoms with van der Waals surface area (Å²) in [6.45, 7) is 1.27. The first kappa shape index (κ1) is 12.9. The molecule has 0 aromatic heterocycles. The van der Waals surface area contributed by atoms with E-state index in [2.05, 4.69) is 5.32 Å². The van der Waals surface area contributed by atoms with Gasteiger partial charge in [0.1, 0.15) is 6.04 Å². The van der Waals surface area contributed by atoms with Crippen LogP contribution in [0.4, 0.5) is 0 Å². The van der Waals surface area contributed by atoms with Crippen LogP contribution in [0.2, 0.25) is 0 Å². The van der Waals surface area contributed by atoms with Gasteiger partial charge in [0.25, 0.3) is 11.8 Å². The van der Waals surface area contributed by atoms with E-state index in [4.69, 9.17) is 5.11 Å². The van der Waals surface area contributed by atoms with Crippen LogP contribution in [0.5, 0.6) is 0 Å². The molecule has 2 N–H and O–H groups in total. The first-order valence-corrected chi connectivity index (χ1v) is 4.97. The number of carboxylic acid groups (broad SMARTS) is 1. The fourth-order valence-electron chi connectivity index (χ4n) is 1.24. The molecular formula is C10H12N2O5. The van der Waals surface area contributed by atoms with E-state index in [-0.39, 0.29) is 13.0 Å². The van der Waals surface area contributed by atoms with E-state index in [1.165, 1.54) is 6.92 Å². The fourth-order valence-corrected chi connectivity index (χ4v) is 1.24. The van der Waals surface area contributed by atoms with Crippen LogP contribution in [0.1, 0.15) is 13.3 Å². The highest BCUT2D eigenvalue weighted by atomic mass is 16.4. The maximum atomic E-state index is 11.3. The molecule has 92 valence electrons. The Hall–Kier alpha value is -2.18. The topological polar surface area (TPSA) is 104 Å². The van der Waals surface area contributed by atoms with E-state index in [9.17, 15) is 19.2 Å². The van der Waals surface area contributed by atoms with Crippen molar-refractivity contribution in [3.63, 3.8) is 0 Å². The molecule has 0 unspecified atom stereocenters. The van der Waals surface area contributed by atoms with Gasteiger partial charge in [-0.15, -0.1) is 0 Å². The maximum Gasteiger partial charge on any atom is 0.325 e. The molecule has 0 aliphatic carbocycles. The van der Waals surface area contributed by atoms with Crippen LogP contribution in [0.15, 0.2) is 12.2 Å². The van der Waals surface area contributed by atoms with Gasteiger partial charge in [-0.25, -0.2) is 0 Å². The third kappa shape index (κ3) is 3.40. The maximum absolute atomic E-state index is 11.3. The molecule has 7 nitrogen and oxygen atoms in total. The average Bonchev–Trinajstić information content (AvgIpc) is 2.56. The van der Waals surface area contributed by atoms with Gasteiger partial charge in [-0.2, -0.15) is 0 Å². The van der Waals surface area contributed by atoms with E-state index in [0.717, 1.165) is 17.1 Å². The van der Waals surface area contributed by atoms with Gasteiger partial charge < -0.3 is 10.4 Å². The molecule has 1 aliphatic heterocycles. The number of carbonyl (C=O) groups excluding carboxylic acids is 3. The van der Waals surface area contributed by atoms with E-state index in [0.29, 0.717) is 0 Å². The van der Waals surface area contributed by atoms with Crippen molar-refractivity contribution < 1.29 is 24.3 Å². The molecule has 0 saturated carbocycles. The van der Waals surface area contributed by atoms with Crippen molar-refractivity contribution in [3.8, 4) is 0 Å². The second-order valence-electron chi connectivity index (χ2n) is 3.54. The quantitative estimate of drug-likeness (QED) is 0.593. The number of imide groups is 1. The highest BCUT2D eigenvalue weighted by molar-refractivity contribution is 6.13. The van der Waals surface area contributed by atoms with Crippen molar-refractivity contribution in [2.24, 2.45) is 0 Å². The zero-order valence-electron chi connectivity index (χ0n) is 9.17. The zero-order chi connectivity index (χ0) is 13.0. The number of hydrogen-bond donors (Lipinski definition) is 2. The zero-order valence-corrected chi connectivity index (χ0v) is 9.17. The van der Waals surface area contributed by atoms with E-state index >= 15 is 0 Å². The summed E-state index contributed by atoms with van der Waals surface area (Å²) >= 11 is 0. The van der Waals surface area contributed by atoms with Crippen molar-refractivity contribution >= 4 is 23.7 Å². The largest absolute Gasteiger partial charge is 0.480 e. The van der Waals surface area contributed by atoms with Gasteiger partial charge in [-0.1, -0.05) is 0 Å². The number of aliphatic carboxylic acids is 1. The molecule has 0 bridgehead atoms. The minimum atomic E-state index is -1.15. The molecule has 17 heavy (non-hydrogen) atoms. The lowest BCUT2D eigenvalue weighted by molar-refractivity contribution is -0.142. The number of nitrogens with zero attached hydrogens (tertiary/aromatic N) is 1. The number of nitrogens with one attached hydrogen (secondary N) is 1. The van der Waals surface area contributed by atoms with E-state index < -0.39 is 29.7 Å². The van der Waals surface area contributed by atoms with Crippen molar-refractivity contribution in [1.82, 2.24) is 10.2 Å². The lowest BCUT2D eigenvalue weighted by Crippen LogP contribution is -2.40. The molecule has 1 atom stereocenters. The van der Waals surface area contributed by atoms with E-state index in [1.807, 2.05) is 0 Å². The summed E-state index contributed by atoms with van der Waals surface area (Å²) in [5, 5.41) is 10.8. The molecule has 7 heteroatoms. The average molecular weight is 240 g/mol. The number of carbonyl (C=O) groups is 4. The van der Waals surface area contributed by atoms with Gasteiger partial charge in [-0.3, -0.25) is 24.1 Å². The third-order valence-electron chi connectivity index (χ3n) is 2.21. The molecule has 0 aromatic rings. The first-order chi connectivity index (χ1) is 7.91. The Balaban J connectivity index is 2.36. The van der Waals surface area contributed by atoms with Crippen LogP contribution in [-0.4, -0.2) is 46.3 Å².